The predicted octanol–water partition coefficient (Wildman–Crippen LogP) is 2.96. The van der Waals surface area contributed by atoms with Gasteiger partial charge in [0.25, 0.3) is 0 Å². The first-order valence-electron chi connectivity index (χ1n) is 5.15. The summed E-state index contributed by atoms with van der Waals surface area (Å²) in [5, 5.41) is -0.472. The fourth-order valence-electron chi connectivity index (χ4n) is 1.24. The first-order chi connectivity index (χ1) is 8.19. The lowest BCUT2D eigenvalue weighted by Gasteiger charge is -2.14. The van der Waals surface area contributed by atoms with Crippen LogP contribution < -0.4 is 0 Å². The maximum atomic E-state index is 11.7. The summed E-state index contributed by atoms with van der Waals surface area (Å²) in [5.41, 5.74) is 0.853. The van der Waals surface area contributed by atoms with E-state index in [9.17, 15) is 4.79 Å². The molecule has 0 bridgehead atoms. The Hall–Kier alpha value is -1.07. The third kappa shape index (κ3) is 4.36. The number of thioether (sulfide) groups is 1. The van der Waals surface area contributed by atoms with Crippen LogP contribution in [0.4, 0.5) is 0 Å². The van der Waals surface area contributed by atoms with Crippen LogP contribution in [0.5, 0.6) is 0 Å². The molecule has 1 rings (SSSR count). The van der Waals surface area contributed by atoms with E-state index in [0.717, 1.165) is 5.56 Å². The van der Waals surface area contributed by atoms with Crippen LogP contribution in [-0.2, 0) is 14.3 Å². The second-order valence-electron chi connectivity index (χ2n) is 3.11. The molecular formula is C12H14O3S2. The Morgan fingerprint density at radius 2 is 2.06 bits per heavy atom. The first kappa shape index (κ1) is 14.0. The van der Waals surface area contributed by atoms with Crippen LogP contribution in [0.2, 0.25) is 0 Å². The monoisotopic (exact) mass is 270 g/mol. The Labute approximate surface area is 110 Å². The number of carbonyl (C=O) groups excluding carboxylic acids is 1. The SMILES string of the molecule is CCOC(=S)S[C@@H](C(=O)OC)c1ccccc1. The van der Waals surface area contributed by atoms with Gasteiger partial charge in [0.1, 0.15) is 5.25 Å². The van der Waals surface area contributed by atoms with E-state index in [1.165, 1.54) is 18.9 Å². The summed E-state index contributed by atoms with van der Waals surface area (Å²) in [7, 11) is 1.36. The van der Waals surface area contributed by atoms with Gasteiger partial charge in [0.05, 0.1) is 13.7 Å². The third-order valence-corrected chi connectivity index (χ3v) is 3.41. The zero-order valence-corrected chi connectivity index (χ0v) is 11.3. The lowest BCUT2D eigenvalue weighted by Crippen LogP contribution is -2.13. The molecule has 0 saturated carbocycles. The van der Waals surface area contributed by atoms with Crippen molar-refractivity contribution in [2.75, 3.05) is 13.7 Å². The van der Waals surface area contributed by atoms with Crippen LogP contribution in [0.3, 0.4) is 0 Å². The van der Waals surface area contributed by atoms with Gasteiger partial charge in [-0.2, -0.15) is 0 Å². The smallest absolute Gasteiger partial charge is 0.323 e. The highest BCUT2D eigenvalue weighted by atomic mass is 32.2. The van der Waals surface area contributed by atoms with E-state index >= 15 is 0 Å². The highest BCUT2D eigenvalue weighted by Crippen LogP contribution is 2.31. The summed E-state index contributed by atoms with van der Waals surface area (Å²) >= 11 is 6.22. The molecule has 1 aromatic rings. The van der Waals surface area contributed by atoms with Crippen LogP contribution in [0, 0.1) is 0 Å². The molecule has 92 valence electrons. The van der Waals surface area contributed by atoms with Gasteiger partial charge in [-0.25, -0.2) is 0 Å². The number of ether oxygens (including phenoxy) is 2. The molecule has 0 heterocycles. The van der Waals surface area contributed by atoms with Gasteiger partial charge in [-0.05, 0) is 24.7 Å². The van der Waals surface area contributed by atoms with Gasteiger partial charge in [-0.1, -0.05) is 42.1 Å². The van der Waals surface area contributed by atoms with Crippen LogP contribution in [0.15, 0.2) is 30.3 Å². The van der Waals surface area contributed by atoms with Gasteiger partial charge in [-0.3, -0.25) is 4.79 Å². The van der Waals surface area contributed by atoms with Gasteiger partial charge in [0, 0.05) is 0 Å². The number of hydrogen-bond acceptors (Lipinski definition) is 5. The first-order valence-corrected chi connectivity index (χ1v) is 6.44. The molecule has 0 N–H and O–H groups in total. The van der Waals surface area contributed by atoms with E-state index in [4.69, 9.17) is 21.7 Å². The minimum absolute atomic E-state index is 0.330. The van der Waals surface area contributed by atoms with Crippen molar-refractivity contribution in [3.63, 3.8) is 0 Å². The van der Waals surface area contributed by atoms with Crippen molar-refractivity contribution < 1.29 is 14.3 Å². The topological polar surface area (TPSA) is 35.5 Å². The third-order valence-electron chi connectivity index (χ3n) is 1.99. The van der Waals surface area contributed by atoms with Crippen molar-refractivity contribution in [3.05, 3.63) is 35.9 Å². The van der Waals surface area contributed by atoms with Crippen molar-refractivity contribution in [2.45, 2.75) is 12.2 Å². The van der Waals surface area contributed by atoms with Crippen LogP contribution in [0.1, 0.15) is 17.7 Å². The normalized spacial score (nSPS) is 11.6. The number of rotatable bonds is 4. The average Bonchev–Trinajstić information content (AvgIpc) is 2.36. The predicted molar refractivity (Wildman–Crippen MR) is 73.0 cm³/mol. The van der Waals surface area contributed by atoms with E-state index in [2.05, 4.69) is 0 Å². The molecule has 0 spiro atoms. The van der Waals surface area contributed by atoms with E-state index in [0.29, 0.717) is 11.0 Å². The maximum absolute atomic E-state index is 11.7. The van der Waals surface area contributed by atoms with Crippen LogP contribution in [-0.4, -0.2) is 24.1 Å². The standard InChI is InChI=1S/C12H14O3S2/c1-3-15-12(16)17-10(11(13)14-2)9-7-5-4-6-8-9/h4-8,10H,3H2,1-2H3/t10-/m1/s1. The molecular weight excluding hydrogens is 256 g/mol. The summed E-state index contributed by atoms with van der Waals surface area (Å²) in [6, 6.07) is 9.36. The maximum Gasteiger partial charge on any atom is 0.323 e. The number of carbonyl (C=O) groups is 1. The number of hydrogen-bond donors (Lipinski definition) is 0. The van der Waals surface area contributed by atoms with Crippen LogP contribution >= 0.6 is 24.0 Å². The van der Waals surface area contributed by atoms with E-state index < -0.39 is 5.25 Å². The largest absolute Gasteiger partial charge is 0.479 e. The van der Waals surface area contributed by atoms with Gasteiger partial charge < -0.3 is 9.47 Å². The molecule has 3 nitrogen and oxygen atoms in total. The van der Waals surface area contributed by atoms with Crippen molar-refractivity contribution in [1.29, 1.82) is 0 Å². The molecule has 0 fully saturated rings. The van der Waals surface area contributed by atoms with Crippen molar-refractivity contribution in [3.8, 4) is 0 Å². The molecule has 1 atom stereocenters. The summed E-state index contributed by atoms with van der Waals surface area (Å²) in [5.74, 6) is -0.330. The quantitative estimate of drug-likeness (QED) is 0.621. The molecule has 0 amide bonds. The van der Waals surface area contributed by atoms with Gasteiger partial charge in [0.15, 0.2) is 0 Å². The van der Waals surface area contributed by atoms with Crippen LogP contribution in [0.25, 0.3) is 0 Å². The summed E-state index contributed by atoms with van der Waals surface area (Å²) in [4.78, 5) is 11.7. The van der Waals surface area contributed by atoms with Crippen molar-refractivity contribution in [2.24, 2.45) is 0 Å². The molecule has 0 unspecified atom stereocenters. The molecule has 0 saturated heterocycles. The fourth-order valence-corrected chi connectivity index (χ4v) is 2.51. The van der Waals surface area contributed by atoms with Gasteiger partial charge in [0.2, 0.25) is 4.38 Å². The zero-order chi connectivity index (χ0) is 12.7. The average molecular weight is 270 g/mol. The molecule has 17 heavy (non-hydrogen) atoms. The van der Waals surface area contributed by atoms with E-state index in [1.807, 2.05) is 37.3 Å². The zero-order valence-electron chi connectivity index (χ0n) is 9.71. The number of esters is 1. The molecule has 5 heteroatoms. The Balaban J connectivity index is 2.82. The molecule has 0 radical (unpaired) electrons. The number of thiocarbonyl (C=S) groups is 1. The fraction of sp³-hybridized carbons (Fsp3) is 0.333. The second-order valence-corrected chi connectivity index (χ2v) is 4.82. The Kier molecular flexibility index (Phi) is 6.00. The molecule has 0 aliphatic carbocycles. The molecule has 0 aromatic heterocycles. The summed E-state index contributed by atoms with van der Waals surface area (Å²) in [6.45, 7) is 2.34. The molecule has 1 aromatic carbocycles. The second kappa shape index (κ2) is 7.29. The van der Waals surface area contributed by atoms with Crippen molar-refractivity contribution in [1.82, 2.24) is 0 Å². The number of benzene rings is 1. The van der Waals surface area contributed by atoms with Gasteiger partial charge >= 0.3 is 5.97 Å². The summed E-state index contributed by atoms with van der Waals surface area (Å²) in [6.07, 6.45) is 0. The van der Waals surface area contributed by atoms with E-state index in [1.54, 1.807) is 0 Å². The minimum Gasteiger partial charge on any atom is -0.479 e. The Morgan fingerprint density at radius 1 is 1.41 bits per heavy atom. The minimum atomic E-state index is -0.472. The molecule has 0 aliphatic heterocycles. The van der Waals surface area contributed by atoms with Gasteiger partial charge in [-0.15, -0.1) is 0 Å². The lowest BCUT2D eigenvalue weighted by atomic mass is 10.1. The van der Waals surface area contributed by atoms with E-state index in [-0.39, 0.29) is 5.97 Å². The van der Waals surface area contributed by atoms with Crippen molar-refractivity contribution >= 4 is 34.3 Å². The number of methoxy groups -OCH3 is 1. The Bertz CT molecular complexity index is 379. The lowest BCUT2D eigenvalue weighted by molar-refractivity contribution is -0.140. The molecule has 0 aliphatic rings. The highest BCUT2D eigenvalue weighted by Gasteiger charge is 2.24. The highest BCUT2D eigenvalue weighted by molar-refractivity contribution is 8.23. The Morgan fingerprint density at radius 3 is 2.59 bits per heavy atom. The summed E-state index contributed by atoms with van der Waals surface area (Å²) < 4.78 is 10.3.